The largest absolute Gasteiger partial charge is 0.481 e. The van der Waals surface area contributed by atoms with Crippen LogP contribution in [0.25, 0.3) is 0 Å². The minimum Gasteiger partial charge on any atom is -0.481 e. The Bertz CT molecular complexity index is 315. The van der Waals surface area contributed by atoms with E-state index in [0.29, 0.717) is 6.42 Å². The number of carbonyl (C=O) groups excluding carboxylic acids is 2. The van der Waals surface area contributed by atoms with Gasteiger partial charge in [-0.25, -0.2) is 0 Å². The van der Waals surface area contributed by atoms with E-state index in [-0.39, 0.29) is 30.2 Å². The average Bonchev–Trinajstić information content (AvgIpc) is 2.22. The van der Waals surface area contributed by atoms with Crippen molar-refractivity contribution in [1.82, 2.24) is 10.6 Å². The summed E-state index contributed by atoms with van der Waals surface area (Å²) in [5.74, 6) is -1.46. The highest BCUT2D eigenvalue weighted by molar-refractivity contribution is 5.87. The lowest BCUT2D eigenvalue weighted by Gasteiger charge is -2.23. The van der Waals surface area contributed by atoms with Crippen LogP contribution in [0, 0.1) is 5.92 Å². The molecule has 0 aliphatic carbocycles. The Kier molecular flexibility index (Phi) is 7.00. The highest BCUT2D eigenvalue weighted by Gasteiger charge is 2.24. The summed E-state index contributed by atoms with van der Waals surface area (Å²) in [7, 11) is 0. The number of hydrogen-bond acceptors (Lipinski definition) is 3. The van der Waals surface area contributed by atoms with Crippen molar-refractivity contribution in [3.63, 3.8) is 0 Å². The van der Waals surface area contributed by atoms with Gasteiger partial charge in [0.1, 0.15) is 6.04 Å². The standard InChI is InChI=1S/C12H22N2O4/c1-7(2)11(14-9(4)15)12(18)13-8(3)5-6-10(16)17/h7-8,11H,5-6H2,1-4H3,(H,13,18)(H,14,15)(H,16,17). The third kappa shape index (κ3) is 6.88. The van der Waals surface area contributed by atoms with Crippen molar-refractivity contribution in [2.45, 2.75) is 52.6 Å². The molecule has 2 amide bonds. The van der Waals surface area contributed by atoms with Gasteiger partial charge in [-0.3, -0.25) is 14.4 Å². The molecule has 0 spiro atoms. The van der Waals surface area contributed by atoms with Crippen molar-refractivity contribution in [2.24, 2.45) is 5.92 Å². The first-order valence-electron chi connectivity index (χ1n) is 6.03. The minimum absolute atomic E-state index is 0.00787. The van der Waals surface area contributed by atoms with E-state index in [1.807, 2.05) is 13.8 Å². The van der Waals surface area contributed by atoms with Crippen LogP contribution in [0.1, 0.15) is 40.5 Å². The summed E-state index contributed by atoms with van der Waals surface area (Å²) in [6, 6.07) is -0.821. The predicted molar refractivity (Wildman–Crippen MR) is 66.9 cm³/mol. The third-order valence-corrected chi connectivity index (χ3v) is 2.49. The molecule has 0 bridgehead atoms. The van der Waals surface area contributed by atoms with Crippen molar-refractivity contribution in [3.8, 4) is 0 Å². The Morgan fingerprint density at radius 1 is 1.11 bits per heavy atom. The van der Waals surface area contributed by atoms with Gasteiger partial charge in [-0.2, -0.15) is 0 Å². The van der Waals surface area contributed by atoms with E-state index in [0.717, 1.165) is 0 Å². The fraction of sp³-hybridized carbons (Fsp3) is 0.750. The van der Waals surface area contributed by atoms with Gasteiger partial charge in [-0.15, -0.1) is 0 Å². The van der Waals surface area contributed by atoms with Gasteiger partial charge in [-0.05, 0) is 19.3 Å². The molecule has 0 radical (unpaired) electrons. The first kappa shape index (κ1) is 16.4. The molecule has 0 aliphatic heterocycles. The van der Waals surface area contributed by atoms with Crippen molar-refractivity contribution in [1.29, 1.82) is 0 Å². The molecule has 0 rings (SSSR count). The molecular formula is C12H22N2O4. The average molecular weight is 258 g/mol. The number of aliphatic carboxylic acids is 1. The lowest BCUT2D eigenvalue weighted by Crippen LogP contribution is -2.51. The van der Waals surface area contributed by atoms with E-state index in [1.54, 1.807) is 6.92 Å². The van der Waals surface area contributed by atoms with E-state index in [4.69, 9.17) is 5.11 Å². The third-order valence-electron chi connectivity index (χ3n) is 2.49. The summed E-state index contributed by atoms with van der Waals surface area (Å²) in [5.41, 5.74) is 0. The molecule has 0 aromatic rings. The molecule has 18 heavy (non-hydrogen) atoms. The van der Waals surface area contributed by atoms with Crippen LogP contribution in [0.5, 0.6) is 0 Å². The summed E-state index contributed by atoms with van der Waals surface area (Å²) >= 11 is 0. The Balaban J connectivity index is 4.32. The van der Waals surface area contributed by atoms with Gasteiger partial charge in [0.05, 0.1) is 0 Å². The Morgan fingerprint density at radius 2 is 1.67 bits per heavy atom. The molecule has 3 N–H and O–H groups in total. The van der Waals surface area contributed by atoms with Crippen LogP contribution in [0.15, 0.2) is 0 Å². The molecule has 6 heteroatoms. The van der Waals surface area contributed by atoms with E-state index >= 15 is 0 Å². The number of amides is 2. The molecule has 6 nitrogen and oxygen atoms in total. The highest BCUT2D eigenvalue weighted by atomic mass is 16.4. The lowest BCUT2D eigenvalue weighted by atomic mass is 10.0. The zero-order valence-electron chi connectivity index (χ0n) is 11.3. The Labute approximate surface area is 107 Å². The van der Waals surface area contributed by atoms with Crippen LogP contribution < -0.4 is 10.6 Å². The molecular weight excluding hydrogens is 236 g/mol. The molecule has 0 heterocycles. The van der Waals surface area contributed by atoms with Crippen molar-refractivity contribution in [3.05, 3.63) is 0 Å². The van der Waals surface area contributed by atoms with Crippen LogP contribution in [0.3, 0.4) is 0 Å². The second kappa shape index (κ2) is 7.68. The SMILES string of the molecule is CC(=O)NC(C(=O)NC(C)CCC(=O)O)C(C)C. The smallest absolute Gasteiger partial charge is 0.303 e. The second-order valence-electron chi connectivity index (χ2n) is 4.76. The van der Waals surface area contributed by atoms with E-state index in [9.17, 15) is 14.4 Å². The zero-order chi connectivity index (χ0) is 14.3. The number of carboxylic acids is 1. The number of carboxylic acid groups (broad SMARTS) is 1. The Morgan fingerprint density at radius 3 is 2.06 bits per heavy atom. The fourth-order valence-electron chi connectivity index (χ4n) is 1.50. The van der Waals surface area contributed by atoms with Gasteiger partial charge >= 0.3 is 5.97 Å². The van der Waals surface area contributed by atoms with Gasteiger partial charge < -0.3 is 15.7 Å². The molecule has 104 valence electrons. The second-order valence-corrected chi connectivity index (χ2v) is 4.76. The number of rotatable bonds is 7. The number of carbonyl (C=O) groups is 3. The quantitative estimate of drug-likeness (QED) is 0.620. The molecule has 2 unspecified atom stereocenters. The van der Waals surface area contributed by atoms with Crippen LogP contribution in [-0.4, -0.2) is 35.0 Å². The van der Waals surface area contributed by atoms with Gasteiger partial charge in [0.25, 0.3) is 0 Å². The first-order valence-corrected chi connectivity index (χ1v) is 6.03. The van der Waals surface area contributed by atoms with E-state index < -0.39 is 12.0 Å². The monoisotopic (exact) mass is 258 g/mol. The lowest BCUT2D eigenvalue weighted by molar-refractivity contribution is -0.137. The fourth-order valence-corrected chi connectivity index (χ4v) is 1.50. The topological polar surface area (TPSA) is 95.5 Å². The molecule has 0 aliphatic rings. The van der Waals surface area contributed by atoms with Crippen molar-refractivity contribution < 1.29 is 19.5 Å². The minimum atomic E-state index is -0.890. The predicted octanol–water partition coefficient (Wildman–Crippen LogP) is 0.517. The summed E-state index contributed by atoms with van der Waals surface area (Å²) in [6.07, 6.45) is 0.375. The van der Waals surface area contributed by atoms with E-state index in [1.165, 1.54) is 6.92 Å². The van der Waals surface area contributed by atoms with Gasteiger partial charge in [0.2, 0.25) is 11.8 Å². The molecule has 0 aromatic carbocycles. The van der Waals surface area contributed by atoms with Crippen molar-refractivity contribution >= 4 is 17.8 Å². The van der Waals surface area contributed by atoms with Crippen LogP contribution >= 0.6 is 0 Å². The summed E-state index contributed by atoms with van der Waals surface area (Å²) in [5, 5.41) is 13.8. The maximum Gasteiger partial charge on any atom is 0.303 e. The highest BCUT2D eigenvalue weighted by Crippen LogP contribution is 2.04. The number of nitrogens with one attached hydrogen (secondary N) is 2. The first-order chi connectivity index (χ1) is 8.23. The van der Waals surface area contributed by atoms with Gasteiger partial charge in [0, 0.05) is 19.4 Å². The van der Waals surface area contributed by atoms with Crippen LogP contribution in [-0.2, 0) is 14.4 Å². The summed E-state index contributed by atoms with van der Waals surface area (Å²) in [4.78, 5) is 33.3. The molecule has 0 fully saturated rings. The molecule has 0 saturated carbocycles. The van der Waals surface area contributed by atoms with Crippen molar-refractivity contribution in [2.75, 3.05) is 0 Å². The maximum absolute atomic E-state index is 11.9. The van der Waals surface area contributed by atoms with Crippen LogP contribution in [0.4, 0.5) is 0 Å². The molecule has 0 aromatic heterocycles. The zero-order valence-corrected chi connectivity index (χ0v) is 11.3. The van der Waals surface area contributed by atoms with E-state index in [2.05, 4.69) is 10.6 Å². The Hall–Kier alpha value is -1.59. The molecule has 2 atom stereocenters. The molecule has 0 saturated heterocycles. The maximum atomic E-state index is 11.9. The summed E-state index contributed by atoms with van der Waals surface area (Å²) in [6.45, 7) is 6.77. The van der Waals surface area contributed by atoms with Crippen LogP contribution in [0.2, 0.25) is 0 Å². The van der Waals surface area contributed by atoms with Gasteiger partial charge in [0.15, 0.2) is 0 Å². The normalized spacial score (nSPS) is 13.8. The number of hydrogen-bond donors (Lipinski definition) is 3. The van der Waals surface area contributed by atoms with Gasteiger partial charge in [-0.1, -0.05) is 13.8 Å². The summed E-state index contributed by atoms with van der Waals surface area (Å²) < 4.78 is 0.